The molecule has 122 valence electrons. The minimum atomic E-state index is 0.554. The Morgan fingerprint density at radius 1 is 1.30 bits per heavy atom. The van der Waals surface area contributed by atoms with E-state index in [4.69, 9.17) is 9.47 Å². The van der Waals surface area contributed by atoms with Crippen molar-refractivity contribution in [1.29, 1.82) is 0 Å². The molecule has 1 aliphatic rings. The molecule has 7 heteroatoms. The monoisotopic (exact) mass is 315 g/mol. The second kappa shape index (κ2) is 7.23. The van der Waals surface area contributed by atoms with E-state index in [-0.39, 0.29) is 0 Å². The third kappa shape index (κ3) is 3.87. The SMILES string of the molecule is COc1cc(C)nc(NCc2cccnc2N2CCOCC2)n1. The smallest absolute Gasteiger partial charge is 0.226 e. The van der Waals surface area contributed by atoms with E-state index < -0.39 is 0 Å². The fraction of sp³-hybridized carbons (Fsp3) is 0.438. The van der Waals surface area contributed by atoms with Gasteiger partial charge in [0.1, 0.15) is 5.82 Å². The number of hydrogen-bond donors (Lipinski definition) is 1. The van der Waals surface area contributed by atoms with Gasteiger partial charge in [0.05, 0.1) is 20.3 Å². The van der Waals surface area contributed by atoms with E-state index in [2.05, 4.69) is 31.2 Å². The van der Waals surface area contributed by atoms with Crippen molar-refractivity contribution in [3.63, 3.8) is 0 Å². The van der Waals surface area contributed by atoms with Crippen LogP contribution in [0.4, 0.5) is 11.8 Å². The van der Waals surface area contributed by atoms with Crippen molar-refractivity contribution >= 4 is 11.8 Å². The Morgan fingerprint density at radius 2 is 2.13 bits per heavy atom. The largest absolute Gasteiger partial charge is 0.481 e. The number of nitrogens with zero attached hydrogens (tertiary/aromatic N) is 4. The number of hydrogen-bond acceptors (Lipinski definition) is 7. The first-order valence-corrected chi connectivity index (χ1v) is 7.66. The second-order valence-electron chi connectivity index (χ2n) is 5.31. The number of aromatic nitrogens is 3. The van der Waals surface area contributed by atoms with Gasteiger partial charge in [-0.15, -0.1) is 0 Å². The molecule has 0 saturated carbocycles. The Bertz CT molecular complexity index is 659. The Kier molecular flexibility index (Phi) is 4.87. The van der Waals surface area contributed by atoms with Crippen molar-refractivity contribution in [3.05, 3.63) is 35.7 Å². The van der Waals surface area contributed by atoms with Crippen molar-refractivity contribution < 1.29 is 9.47 Å². The summed E-state index contributed by atoms with van der Waals surface area (Å²) in [6.07, 6.45) is 1.82. The van der Waals surface area contributed by atoms with Gasteiger partial charge in [-0.2, -0.15) is 4.98 Å². The van der Waals surface area contributed by atoms with Gasteiger partial charge in [0, 0.05) is 43.2 Å². The molecule has 0 aromatic carbocycles. The molecule has 0 radical (unpaired) electrons. The lowest BCUT2D eigenvalue weighted by atomic mass is 10.2. The van der Waals surface area contributed by atoms with Gasteiger partial charge in [-0.25, -0.2) is 9.97 Å². The van der Waals surface area contributed by atoms with Crippen LogP contribution in [-0.4, -0.2) is 48.4 Å². The van der Waals surface area contributed by atoms with Crippen LogP contribution in [0.5, 0.6) is 5.88 Å². The predicted molar refractivity (Wildman–Crippen MR) is 87.9 cm³/mol. The highest BCUT2D eigenvalue weighted by Crippen LogP contribution is 2.20. The first-order valence-electron chi connectivity index (χ1n) is 7.66. The molecule has 1 N–H and O–H groups in total. The van der Waals surface area contributed by atoms with Crippen LogP contribution in [0.25, 0.3) is 0 Å². The first-order chi connectivity index (χ1) is 11.3. The molecule has 0 spiro atoms. The number of rotatable bonds is 5. The molecule has 1 fully saturated rings. The molecule has 2 aromatic heterocycles. The molecule has 3 rings (SSSR count). The van der Waals surface area contributed by atoms with Crippen molar-refractivity contribution in [2.24, 2.45) is 0 Å². The lowest BCUT2D eigenvalue weighted by Crippen LogP contribution is -2.37. The summed E-state index contributed by atoms with van der Waals surface area (Å²) >= 11 is 0. The Hall–Kier alpha value is -2.41. The molecular formula is C16H21N5O2. The first kappa shape index (κ1) is 15.5. The normalized spacial score (nSPS) is 14.6. The topological polar surface area (TPSA) is 72.4 Å². The van der Waals surface area contributed by atoms with Gasteiger partial charge in [-0.05, 0) is 13.0 Å². The number of aryl methyl sites for hydroxylation is 1. The minimum Gasteiger partial charge on any atom is -0.481 e. The summed E-state index contributed by atoms with van der Waals surface area (Å²) in [5.74, 6) is 2.10. The van der Waals surface area contributed by atoms with E-state index in [1.54, 1.807) is 13.2 Å². The summed E-state index contributed by atoms with van der Waals surface area (Å²) in [7, 11) is 1.60. The average molecular weight is 315 g/mol. The van der Waals surface area contributed by atoms with Gasteiger partial charge in [0.15, 0.2) is 0 Å². The van der Waals surface area contributed by atoms with Gasteiger partial charge >= 0.3 is 0 Å². The second-order valence-corrected chi connectivity index (χ2v) is 5.31. The van der Waals surface area contributed by atoms with Crippen LogP contribution in [-0.2, 0) is 11.3 Å². The number of nitrogens with one attached hydrogen (secondary N) is 1. The molecule has 1 aliphatic heterocycles. The number of ether oxygens (including phenoxy) is 2. The highest BCUT2D eigenvalue weighted by Gasteiger charge is 2.15. The minimum absolute atomic E-state index is 0.554. The third-order valence-corrected chi connectivity index (χ3v) is 3.65. The molecule has 7 nitrogen and oxygen atoms in total. The van der Waals surface area contributed by atoms with E-state index in [9.17, 15) is 0 Å². The summed E-state index contributed by atoms with van der Waals surface area (Å²) in [4.78, 5) is 15.5. The van der Waals surface area contributed by atoms with E-state index in [1.807, 2.05) is 19.2 Å². The summed E-state index contributed by atoms with van der Waals surface area (Å²) in [5.41, 5.74) is 1.97. The Morgan fingerprint density at radius 3 is 2.91 bits per heavy atom. The zero-order valence-corrected chi connectivity index (χ0v) is 13.5. The third-order valence-electron chi connectivity index (χ3n) is 3.65. The average Bonchev–Trinajstić information content (AvgIpc) is 2.60. The quantitative estimate of drug-likeness (QED) is 0.899. The summed E-state index contributed by atoms with van der Waals surface area (Å²) in [6.45, 7) is 5.71. The maximum atomic E-state index is 5.41. The van der Waals surface area contributed by atoms with Crippen molar-refractivity contribution in [3.8, 4) is 5.88 Å². The van der Waals surface area contributed by atoms with Crippen LogP contribution >= 0.6 is 0 Å². The molecular weight excluding hydrogens is 294 g/mol. The lowest BCUT2D eigenvalue weighted by molar-refractivity contribution is 0.122. The molecule has 2 aromatic rings. The van der Waals surface area contributed by atoms with Crippen molar-refractivity contribution in [2.75, 3.05) is 43.6 Å². The van der Waals surface area contributed by atoms with Crippen LogP contribution in [0, 0.1) is 6.92 Å². The van der Waals surface area contributed by atoms with Crippen LogP contribution in [0.2, 0.25) is 0 Å². The zero-order valence-electron chi connectivity index (χ0n) is 13.5. The Balaban J connectivity index is 1.74. The fourth-order valence-electron chi connectivity index (χ4n) is 2.53. The van der Waals surface area contributed by atoms with Crippen LogP contribution in [0.1, 0.15) is 11.3 Å². The number of methoxy groups -OCH3 is 1. The van der Waals surface area contributed by atoms with Crippen molar-refractivity contribution in [1.82, 2.24) is 15.0 Å². The highest BCUT2D eigenvalue weighted by molar-refractivity contribution is 5.48. The van der Waals surface area contributed by atoms with Crippen LogP contribution in [0.15, 0.2) is 24.4 Å². The fourth-order valence-corrected chi connectivity index (χ4v) is 2.53. The van der Waals surface area contributed by atoms with Crippen LogP contribution in [0.3, 0.4) is 0 Å². The Labute approximate surface area is 135 Å². The standard InChI is InChI=1S/C16H21N5O2/c1-12-10-14(22-2)20-16(19-12)18-11-13-4-3-5-17-15(13)21-6-8-23-9-7-21/h3-5,10H,6-9,11H2,1-2H3,(H,18,19,20). The van der Waals surface area contributed by atoms with E-state index >= 15 is 0 Å². The van der Waals surface area contributed by atoms with Gasteiger partial charge < -0.3 is 19.7 Å². The van der Waals surface area contributed by atoms with Gasteiger partial charge in [0.2, 0.25) is 11.8 Å². The molecule has 0 amide bonds. The van der Waals surface area contributed by atoms with Crippen LogP contribution < -0.4 is 15.0 Å². The molecule has 23 heavy (non-hydrogen) atoms. The maximum absolute atomic E-state index is 5.41. The van der Waals surface area contributed by atoms with E-state index in [0.717, 1.165) is 43.4 Å². The highest BCUT2D eigenvalue weighted by atomic mass is 16.5. The van der Waals surface area contributed by atoms with Gasteiger partial charge in [-0.3, -0.25) is 0 Å². The van der Waals surface area contributed by atoms with Gasteiger partial charge in [0.25, 0.3) is 0 Å². The maximum Gasteiger partial charge on any atom is 0.226 e. The number of morpholine rings is 1. The molecule has 0 unspecified atom stereocenters. The van der Waals surface area contributed by atoms with E-state index in [0.29, 0.717) is 18.4 Å². The lowest BCUT2D eigenvalue weighted by Gasteiger charge is -2.29. The molecule has 0 atom stereocenters. The molecule has 1 saturated heterocycles. The molecule has 3 heterocycles. The number of pyridine rings is 1. The zero-order chi connectivity index (χ0) is 16.1. The predicted octanol–water partition coefficient (Wildman–Crippen LogP) is 1.64. The molecule has 0 bridgehead atoms. The van der Waals surface area contributed by atoms with E-state index in [1.165, 1.54) is 0 Å². The number of anilines is 2. The van der Waals surface area contributed by atoms with Crippen molar-refractivity contribution in [2.45, 2.75) is 13.5 Å². The summed E-state index contributed by atoms with van der Waals surface area (Å²) < 4.78 is 10.6. The summed E-state index contributed by atoms with van der Waals surface area (Å²) in [6, 6.07) is 5.81. The summed E-state index contributed by atoms with van der Waals surface area (Å²) in [5, 5.41) is 3.26. The molecule has 0 aliphatic carbocycles. The van der Waals surface area contributed by atoms with Gasteiger partial charge in [-0.1, -0.05) is 6.07 Å².